The summed E-state index contributed by atoms with van der Waals surface area (Å²) in [5.74, 6) is 0.766. The molecule has 1 atom stereocenters. The van der Waals surface area contributed by atoms with E-state index in [-0.39, 0.29) is 0 Å². The third kappa shape index (κ3) is 3.98. The summed E-state index contributed by atoms with van der Waals surface area (Å²) >= 11 is 12.9. The molecule has 0 saturated heterocycles. The molecule has 1 N–H and O–H groups in total. The zero-order valence-electron chi connectivity index (χ0n) is 10.7. The van der Waals surface area contributed by atoms with Crippen molar-refractivity contribution in [3.8, 4) is 5.75 Å². The second-order valence-corrected chi connectivity index (χ2v) is 6.59. The molecule has 0 aliphatic heterocycles. The van der Waals surface area contributed by atoms with Crippen molar-refractivity contribution < 1.29 is 9.84 Å². The van der Waals surface area contributed by atoms with Crippen molar-refractivity contribution in [3.05, 3.63) is 61.5 Å². The number of methoxy groups -OCH3 is 1. The maximum atomic E-state index is 10.4. The van der Waals surface area contributed by atoms with Crippen LogP contribution in [0.15, 0.2) is 45.3 Å². The van der Waals surface area contributed by atoms with Crippen LogP contribution in [-0.2, 0) is 6.42 Å². The van der Waals surface area contributed by atoms with Crippen molar-refractivity contribution >= 4 is 43.5 Å². The van der Waals surface area contributed by atoms with Gasteiger partial charge in [-0.1, -0.05) is 43.5 Å². The number of benzene rings is 2. The van der Waals surface area contributed by atoms with Gasteiger partial charge in [-0.25, -0.2) is 0 Å². The highest BCUT2D eigenvalue weighted by atomic mass is 79.9. The summed E-state index contributed by atoms with van der Waals surface area (Å²) in [6.07, 6.45) is -0.154. The van der Waals surface area contributed by atoms with E-state index >= 15 is 0 Å². The fourth-order valence-electron chi connectivity index (χ4n) is 1.93. The van der Waals surface area contributed by atoms with E-state index in [4.69, 9.17) is 16.3 Å². The fourth-order valence-corrected chi connectivity index (χ4v) is 3.22. The molecule has 0 spiro atoms. The number of aliphatic hydroxyl groups is 1. The Labute approximate surface area is 140 Å². The highest BCUT2D eigenvalue weighted by Gasteiger charge is 2.13. The lowest BCUT2D eigenvalue weighted by molar-refractivity contribution is 0.178. The Morgan fingerprint density at radius 2 is 1.95 bits per heavy atom. The number of hydrogen-bond donors (Lipinski definition) is 1. The minimum atomic E-state index is -0.631. The molecule has 2 nitrogen and oxygen atoms in total. The first-order valence-electron chi connectivity index (χ1n) is 5.96. The number of halogens is 3. The molecule has 0 fully saturated rings. The monoisotopic (exact) mass is 418 g/mol. The summed E-state index contributed by atoms with van der Waals surface area (Å²) < 4.78 is 7.00. The molecule has 0 radical (unpaired) electrons. The summed E-state index contributed by atoms with van der Waals surface area (Å²) in [6.45, 7) is 0. The van der Waals surface area contributed by atoms with E-state index in [1.165, 1.54) is 0 Å². The molecular formula is C15H13Br2ClO2. The lowest BCUT2D eigenvalue weighted by Gasteiger charge is -2.14. The van der Waals surface area contributed by atoms with E-state index in [0.717, 1.165) is 25.8 Å². The maximum absolute atomic E-state index is 10.4. The van der Waals surface area contributed by atoms with Crippen LogP contribution in [0.2, 0.25) is 5.02 Å². The molecular weight excluding hydrogens is 407 g/mol. The molecule has 1 unspecified atom stereocenters. The van der Waals surface area contributed by atoms with Crippen molar-refractivity contribution in [2.45, 2.75) is 12.5 Å². The highest BCUT2D eigenvalue weighted by Crippen LogP contribution is 2.29. The van der Waals surface area contributed by atoms with Crippen LogP contribution < -0.4 is 4.74 Å². The Morgan fingerprint density at radius 1 is 1.20 bits per heavy atom. The topological polar surface area (TPSA) is 29.5 Å². The Balaban J connectivity index is 2.24. The van der Waals surface area contributed by atoms with Gasteiger partial charge in [0.05, 0.1) is 13.2 Å². The van der Waals surface area contributed by atoms with Gasteiger partial charge in [0.25, 0.3) is 0 Å². The van der Waals surface area contributed by atoms with Crippen molar-refractivity contribution in [2.75, 3.05) is 7.11 Å². The normalized spacial score (nSPS) is 12.2. The minimum Gasteiger partial charge on any atom is -0.497 e. The Morgan fingerprint density at radius 3 is 2.60 bits per heavy atom. The predicted molar refractivity (Wildman–Crippen MR) is 88.5 cm³/mol. The standard InChI is InChI=1S/C15H13Br2ClO2/c1-20-13-2-3-14(17)9(6-13)7-15(19)10-4-11(16)8-12(18)5-10/h2-6,8,15,19H,7H2,1H3. The molecule has 0 amide bonds. The van der Waals surface area contributed by atoms with Crippen LogP contribution >= 0.6 is 43.5 Å². The Bertz CT molecular complexity index is 597. The first kappa shape index (κ1) is 15.8. The molecule has 2 rings (SSSR count). The van der Waals surface area contributed by atoms with E-state index in [0.29, 0.717) is 11.4 Å². The molecule has 2 aromatic carbocycles. The lowest BCUT2D eigenvalue weighted by atomic mass is 10.0. The molecule has 5 heteroatoms. The van der Waals surface area contributed by atoms with Crippen LogP contribution in [0, 0.1) is 0 Å². The molecule has 0 aliphatic rings. The lowest BCUT2D eigenvalue weighted by Crippen LogP contribution is -2.03. The smallest absolute Gasteiger partial charge is 0.119 e. The number of hydrogen-bond acceptors (Lipinski definition) is 2. The molecule has 0 bridgehead atoms. The largest absolute Gasteiger partial charge is 0.497 e. The number of aliphatic hydroxyl groups excluding tert-OH is 1. The van der Waals surface area contributed by atoms with Gasteiger partial charge in [-0.2, -0.15) is 0 Å². The van der Waals surface area contributed by atoms with Crippen LogP contribution in [0.4, 0.5) is 0 Å². The number of rotatable bonds is 4. The van der Waals surface area contributed by atoms with Crippen LogP contribution in [-0.4, -0.2) is 12.2 Å². The van der Waals surface area contributed by atoms with Gasteiger partial charge in [-0.15, -0.1) is 0 Å². The van der Waals surface area contributed by atoms with Gasteiger partial charge in [-0.05, 0) is 47.5 Å². The minimum absolute atomic E-state index is 0.477. The molecule has 0 aliphatic carbocycles. The summed E-state index contributed by atoms with van der Waals surface area (Å²) in [5.41, 5.74) is 1.76. The van der Waals surface area contributed by atoms with Gasteiger partial charge >= 0.3 is 0 Å². The Hall–Kier alpha value is -0.550. The predicted octanol–water partition coefficient (Wildman–Crippen LogP) is 5.15. The van der Waals surface area contributed by atoms with Crippen molar-refractivity contribution in [1.29, 1.82) is 0 Å². The SMILES string of the molecule is COc1ccc(Br)c(CC(O)c2cc(Cl)cc(Br)c2)c1. The van der Waals surface area contributed by atoms with Gasteiger partial charge in [0.15, 0.2) is 0 Å². The van der Waals surface area contributed by atoms with Crippen LogP contribution in [0.1, 0.15) is 17.2 Å². The summed E-state index contributed by atoms with van der Waals surface area (Å²) in [4.78, 5) is 0. The van der Waals surface area contributed by atoms with Gasteiger partial charge < -0.3 is 9.84 Å². The summed E-state index contributed by atoms with van der Waals surface area (Å²) in [7, 11) is 1.62. The van der Waals surface area contributed by atoms with Crippen LogP contribution in [0.5, 0.6) is 5.75 Å². The molecule has 0 heterocycles. The van der Waals surface area contributed by atoms with Crippen molar-refractivity contribution in [1.82, 2.24) is 0 Å². The highest BCUT2D eigenvalue weighted by molar-refractivity contribution is 9.10. The fraction of sp³-hybridized carbons (Fsp3) is 0.200. The zero-order chi connectivity index (χ0) is 14.7. The summed E-state index contributed by atoms with van der Waals surface area (Å²) in [5, 5.41) is 11.0. The van der Waals surface area contributed by atoms with Gasteiger partial charge in [0.2, 0.25) is 0 Å². The second kappa shape index (κ2) is 6.94. The van der Waals surface area contributed by atoms with Gasteiger partial charge in [0.1, 0.15) is 5.75 Å². The average molecular weight is 421 g/mol. The molecule has 0 saturated carbocycles. The maximum Gasteiger partial charge on any atom is 0.119 e. The van der Waals surface area contributed by atoms with E-state index in [2.05, 4.69) is 31.9 Å². The van der Waals surface area contributed by atoms with E-state index in [1.807, 2.05) is 24.3 Å². The van der Waals surface area contributed by atoms with Crippen molar-refractivity contribution in [2.24, 2.45) is 0 Å². The van der Waals surface area contributed by atoms with Gasteiger partial charge in [0, 0.05) is 20.4 Å². The third-order valence-electron chi connectivity index (χ3n) is 2.94. The van der Waals surface area contributed by atoms with Crippen LogP contribution in [0.3, 0.4) is 0 Å². The third-order valence-corrected chi connectivity index (χ3v) is 4.39. The van der Waals surface area contributed by atoms with E-state index in [1.54, 1.807) is 19.2 Å². The molecule has 20 heavy (non-hydrogen) atoms. The zero-order valence-corrected chi connectivity index (χ0v) is 14.7. The first-order valence-corrected chi connectivity index (χ1v) is 7.92. The number of ether oxygens (including phenoxy) is 1. The van der Waals surface area contributed by atoms with E-state index < -0.39 is 6.10 Å². The molecule has 106 valence electrons. The first-order chi connectivity index (χ1) is 9.49. The van der Waals surface area contributed by atoms with E-state index in [9.17, 15) is 5.11 Å². The molecule has 2 aromatic rings. The van der Waals surface area contributed by atoms with Gasteiger partial charge in [-0.3, -0.25) is 0 Å². The average Bonchev–Trinajstić information content (AvgIpc) is 2.40. The second-order valence-electron chi connectivity index (χ2n) is 4.38. The summed E-state index contributed by atoms with van der Waals surface area (Å²) in [6, 6.07) is 11.1. The van der Waals surface area contributed by atoms with Crippen molar-refractivity contribution in [3.63, 3.8) is 0 Å². The Kier molecular flexibility index (Phi) is 5.49. The quantitative estimate of drug-likeness (QED) is 0.741. The van der Waals surface area contributed by atoms with Crippen LogP contribution in [0.25, 0.3) is 0 Å². The molecule has 0 aromatic heterocycles.